The van der Waals surface area contributed by atoms with Crippen LogP contribution in [0.3, 0.4) is 0 Å². The molecule has 0 aliphatic carbocycles. The number of halogens is 1. The van der Waals surface area contributed by atoms with Crippen LogP contribution in [0.1, 0.15) is 24.3 Å². The van der Waals surface area contributed by atoms with Gasteiger partial charge in [-0.25, -0.2) is 13.4 Å². The number of sulfonamides is 1. The predicted molar refractivity (Wildman–Crippen MR) is 118 cm³/mol. The van der Waals surface area contributed by atoms with Crippen LogP contribution in [0, 0.1) is 0 Å². The van der Waals surface area contributed by atoms with Gasteiger partial charge in [-0.1, -0.05) is 25.4 Å². The average molecular weight is 461 g/mol. The quantitative estimate of drug-likeness (QED) is 0.540. The summed E-state index contributed by atoms with van der Waals surface area (Å²) in [5, 5.41) is 3.22. The van der Waals surface area contributed by atoms with Crippen molar-refractivity contribution in [3.8, 4) is 11.5 Å². The van der Waals surface area contributed by atoms with E-state index >= 15 is 0 Å². The molecule has 1 aromatic heterocycles. The van der Waals surface area contributed by atoms with E-state index in [0.29, 0.717) is 23.9 Å². The first-order chi connectivity index (χ1) is 14.8. The highest BCUT2D eigenvalue weighted by Crippen LogP contribution is 2.33. The standard InChI is InChI=1S/C21H21ClN4O4S/c1-3-26(4-2)31(28,29)17-9-10-20(30-16-7-5-15(22)6-8-16)18(13-17)25-21(27)19-14-23-11-12-24-19/h5-14H,3-4H2,1-2H3,(H,25,27). The number of nitrogens with one attached hydrogen (secondary N) is 1. The molecule has 2 aromatic carbocycles. The first kappa shape index (κ1) is 22.7. The fourth-order valence-corrected chi connectivity index (χ4v) is 4.41. The smallest absolute Gasteiger partial charge is 0.275 e. The van der Waals surface area contributed by atoms with E-state index in [9.17, 15) is 13.2 Å². The summed E-state index contributed by atoms with van der Waals surface area (Å²) in [4.78, 5) is 20.5. The Morgan fingerprint density at radius 1 is 1.10 bits per heavy atom. The highest BCUT2D eigenvalue weighted by atomic mass is 35.5. The summed E-state index contributed by atoms with van der Waals surface area (Å²) in [6.07, 6.45) is 4.15. The van der Waals surface area contributed by atoms with E-state index in [1.54, 1.807) is 38.1 Å². The zero-order valence-corrected chi connectivity index (χ0v) is 18.5. The number of carbonyl (C=O) groups is 1. The molecular formula is C21H21ClN4O4S. The number of nitrogens with zero attached hydrogens (tertiary/aromatic N) is 3. The Bertz CT molecular complexity index is 1150. The van der Waals surface area contributed by atoms with Gasteiger partial charge in [0.15, 0.2) is 5.75 Å². The highest BCUT2D eigenvalue weighted by molar-refractivity contribution is 7.89. The molecule has 10 heteroatoms. The predicted octanol–water partition coefficient (Wildman–Crippen LogP) is 4.21. The van der Waals surface area contributed by atoms with E-state index in [1.165, 1.54) is 41.1 Å². The van der Waals surface area contributed by atoms with E-state index in [4.69, 9.17) is 16.3 Å². The molecular weight excluding hydrogens is 440 g/mol. The maximum atomic E-state index is 12.9. The van der Waals surface area contributed by atoms with Gasteiger partial charge >= 0.3 is 0 Å². The monoisotopic (exact) mass is 460 g/mol. The van der Waals surface area contributed by atoms with Crippen LogP contribution in [0.25, 0.3) is 0 Å². The third kappa shape index (κ3) is 5.38. The Hall–Kier alpha value is -3.01. The SMILES string of the molecule is CCN(CC)S(=O)(=O)c1ccc(Oc2ccc(Cl)cc2)c(NC(=O)c2cnccn2)c1. The van der Waals surface area contributed by atoms with Crippen molar-refractivity contribution in [2.75, 3.05) is 18.4 Å². The van der Waals surface area contributed by atoms with Crippen molar-refractivity contribution in [1.82, 2.24) is 14.3 Å². The third-order valence-corrected chi connectivity index (χ3v) is 6.68. The summed E-state index contributed by atoms with van der Waals surface area (Å²) >= 11 is 5.91. The van der Waals surface area contributed by atoms with E-state index in [1.807, 2.05) is 0 Å². The van der Waals surface area contributed by atoms with Crippen LogP contribution in [-0.2, 0) is 10.0 Å². The van der Waals surface area contributed by atoms with Crippen LogP contribution in [0.2, 0.25) is 5.02 Å². The molecule has 3 aromatic rings. The van der Waals surface area contributed by atoms with Crippen molar-refractivity contribution in [1.29, 1.82) is 0 Å². The fraction of sp³-hybridized carbons (Fsp3) is 0.190. The van der Waals surface area contributed by atoms with E-state index < -0.39 is 15.9 Å². The molecule has 8 nitrogen and oxygen atoms in total. The number of ether oxygens (including phenoxy) is 1. The minimum atomic E-state index is -3.74. The molecule has 0 atom stereocenters. The summed E-state index contributed by atoms with van der Waals surface area (Å²) in [6.45, 7) is 4.16. The molecule has 0 radical (unpaired) electrons. The largest absolute Gasteiger partial charge is 0.455 e. The number of aromatic nitrogens is 2. The zero-order chi connectivity index (χ0) is 22.4. The molecule has 0 saturated carbocycles. The Labute approximate surface area is 185 Å². The second kappa shape index (κ2) is 9.86. The summed E-state index contributed by atoms with van der Waals surface area (Å²) in [7, 11) is -3.74. The topological polar surface area (TPSA) is 101 Å². The lowest BCUT2D eigenvalue weighted by atomic mass is 10.2. The minimum absolute atomic E-state index is 0.0362. The second-order valence-corrected chi connectivity index (χ2v) is 8.72. The van der Waals surface area contributed by atoms with Gasteiger partial charge < -0.3 is 10.1 Å². The molecule has 1 heterocycles. The van der Waals surface area contributed by atoms with Crippen LogP contribution in [0.4, 0.5) is 5.69 Å². The lowest BCUT2D eigenvalue weighted by molar-refractivity contribution is 0.102. The van der Waals surface area contributed by atoms with Crippen LogP contribution >= 0.6 is 11.6 Å². The van der Waals surface area contributed by atoms with E-state index in [2.05, 4.69) is 15.3 Å². The molecule has 0 spiro atoms. The number of amides is 1. The summed E-state index contributed by atoms with van der Waals surface area (Å²) in [5.41, 5.74) is 0.260. The maximum absolute atomic E-state index is 12.9. The van der Waals surface area contributed by atoms with Gasteiger partial charge in [0.25, 0.3) is 5.91 Å². The normalized spacial score (nSPS) is 11.4. The summed E-state index contributed by atoms with van der Waals surface area (Å²) in [5.74, 6) is 0.184. The fourth-order valence-electron chi connectivity index (χ4n) is 2.80. The van der Waals surface area contributed by atoms with Crippen molar-refractivity contribution >= 4 is 33.2 Å². The average Bonchev–Trinajstić information content (AvgIpc) is 2.77. The van der Waals surface area contributed by atoms with Gasteiger partial charge in [-0.2, -0.15) is 4.31 Å². The first-order valence-electron chi connectivity index (χ1n) is 9.50. The molecule has 0 fully saturated rings. The molecule has 0 saturated heterocycles. The van der Waals surface area contributed by atoms with Gasteiger partial charge in [0, 0.05) is 30.5 Å². The van der Waals surface area contributed by atoms with E-state index in [-0.39, 0.29) is 22.0 Å². The lowest BCUT2D eigenvalue weighted by Crippen LogP contribution is -2.30. The Balaban J connectivity index is 2.01. The molecule has 0 bridgehead atoms. The molecule has 0 aliphatic heterocycles. The first-order valence-corrected chi connectivity index (χ1v) is 11.3. The van der Waals surface area contributed by atoms with Gasteiger partial charge in [-0.3, -0.25) is 9.78 Å². The van der Waals surface area contributed by atoms with Crippen molar-refractivity contribution in [3.63, 3.8) is 0 Å². The molecule has 1 amide bonds. The zero-order valence-electron chi connectivity index (χ0n) is 16.9. The van der Waals surface area contributed by atoms with Gasteiger partial charge in [0.05, 0.1) is 16.8 Å². The maximum Gasteiger partial charge on any atom is 0.275 e. The van der Waals surface area contributed by atoms with Gasteiger partial charge in [-0.15, -0.1) is 0 Å². The molecule has 0 unspecified atom stereocenters. The van der Waals surface area contributed by atoms with Crippen LogP contribution < -0.4 is 10.1 Å². The summed E-state index contributed by atoms with van der Waals surface area (Å²) in [6, 6.07) is 11.0. The lowest BCUT2D eigenvalue weighted by Gasteiger charge is -2.20. The Morgan fingerprint density at radius 2 is 1.81 bits per heavy atom. The van der Waals surface area contributed by atoms with Crippen molar-refractivity contribution < 1.29 is 17.9 Å². The van der Waals surface area contributed by atoms with Crippen molar-refractivity contribution in [3.05, 3.63) is 71.8 Å². The van der Waals surface area contributed by atoms with Gasteiger partial charge in [0.2, 0.25) is 10.0 Å². The highest BCUT2D eigenvalue weighted by Gasteiger charge is 2.24. The number of anilines is 1. The van der Waals surface area contributed by atoms with Crippen LogP contribution in [0.15, 0.2) is 66.0 Å². The number of rotatable bonds is 8. The molecule has 0 aliphatic rings. The van der Waals surface area contributed by atoms with E-state index in [0.717, 1.165) is 0 Å². The molecule has 162 valence electrons. The van der Waals surface area contributed by atoms with Crippen molar-refractivity contribution in [2.24, 2.45) is 0 Å². The minimum Gasteiger partial charge on any atom is -0.455 e. The number of hydrogen-bond acceptors (Lipinski definition) is 6. The van der Waals surface area contributed by atoms with Gasteiger partial charge in [0.1, 0.15) is 11.4 Å². The Kier molecular flexibility index (Phi) is 7.21. The van der Waals surface area contributed by atoms with Crippen LogP contribution in [-0.4, -0.2) is 41.7 Å². The number of hydrogen-bond donors (Lipinski definition) is 1. The van der Waals surface area contributed by atoms with Gasteiger partial charge in [-0.05, 0) is 42.5 Å². The third-order valence-electron chi connectivity index (χ3n) is 4.38. The number of benzene rings is 2. The van der Waals surface area contributed by atoms with Crippen molar-refractivity contribution in [2.45, 2.75) is 18.7 Å². The number of carbonyl (C=O) groups excluding carboxylic acids is 1. The summed E-state index contributed by atoms with van der Waals surface area (Å²) < 4.78 is 33.1. The second-order valence-electron chi connectivity index (χ2n) is 6.35. The van der Waals surface area contributed by atoms with Crippen LogP contribution in [0.5, 0.6) is 11.5 Å². The Morgan fingerprint density at radius 3 is 2.42 bits per heavy atom. The molecule has 31 heavy (non-hydrogen) atoms. The molecule has 1 N–H and O–H groups in total. The molecule has 3 rings (SSSR count).